The minimum Gasteiger partial charge on any atom is -0.451 e. The number of aromatic nitrogens is 2. The molecule has 2 aromatic carbocycles. The summed E-state index contributed by atoms with van der Waals surface area (Å²) >= 11 is 0. The normalized spacial score (nSPS) is 12.7. The second-order valence-corrected chi connectivity index (χ2v) is 8.34. The third-order valence-electron chi connectivity index (χ3n) is 5.18. The van der Waals surface area contributed by atoms with Crippen LogP contribution in [0.3, 0.4) is 0 Å². The van der Waals surface area contributed by atoms with Crippen molar-refractivity contribution in [3.05, 3.63) is 59.3 Å². The molecule has 0 atom stereocenters. The summed E-state index contributed by atoms with van der Waals surface area (Å²) in [5.41, 5.74) is 11.0. The van der Waals surface area contributed by atoms with E-state index in [0.29, 0.717) is 22.0 Å². The average Bonchev–Trinajstić information content (AvgIpc) is 3.33. The van der Waals surface area contributed by atoms with Gasteiger partial charge in [0, 0.05) is 5.39 Å². The Balaban J connectivity index is 0.000000177. The first-order valence-corrected chi connectivity index (χ1v) is 9.94. The molecule has 0 spiro atoms. The number of urea groups is 1. The summed E-state index contributed by atoms with van der Waals surface area (Å²) in [6.07, 6.45) is 4.79. The number of fused-ring (bicyclic) bond motifs is 2. The van der Waals surface area contributed by atoms with Gasteiger partial charge in [0.05, 0.1) is 24.5 Å². The Morgan fingerprint density at radius 3 is 2.53 bits per heavy atom. The fourth-order valence-electron chi connectivity index (χ4n) is 3.56. The lowest BCUT2D eigenvalue weighted by Crippen LogP contribution is -2.19. The Morgan fingerprint density at radius 2 is 1.87 bits per heavy atom. The number of hydrogen-bond acceptors (Lipinski definition) is 4. The monoisotopic (exact) mass is 408 g/mol. The zero-order valence-corrected chi connectivity index (χ0v) is 17.9. The summed E-state index contributed by atoms with van der Waals surface area (Å²) in [5, 5.41) is 6.94. The van der Waals surface area contributed by atoms with Gasteiger partial charge >= 0.3 is 12.1 Å². The van der Waals surface area contributed by atoms with Crippen molar-refractivity contribution < 1.29 is 14.3 Å². The van der Waals surface area contributed by atoms with Crippen LogP contribution < -0.4 is 11.1 Å². The standard InChI is InChI=1S/C13H18.C10H10N4O3/c1-13(2,3)12-8-7-10-5-4-6-11(10)9-12;1-17-10(16)14-8-4-2-3-7(13-9(11)15)6(8)5-12-14/h7-9H,4-6H2,1-3H3;2-5H,1H3,(H3,11,13,15). The number of ether oxygens (including phenoxy) is 1. The van der Waals surface area contributed by atoms with Crippen LogP contribution in [0, 0.1) is 0 Å². The number of primary amides is 1. The number of amides is 2. The smallest absolute Gasteiger partial charge is 0.434 e. The molecule has 0 fully saturated rings. The van der Waals surface area contributed by atoms with Crippen molar-refractivity contribution in [2.24, 2.45) is 5.73 Å². The molecule has 7 nitrogen and oxygen atoms in total. The number of hydrogen-bond donors (Lipinski definition) is 2. The molecule has 0 radical (unpaired) electrons. The third kappa shape index (κ3) is 4.62. The molecule has 0 aliphatic heterocycles. The molecule has 1 aliphatic carbocycles. The van der Waals surface area contributed by atoms with Gasteiger partial charge in [0.2, 0.25) is 0 Å². The van der Waals surface area contributed by atoms with Crippen LogP contribution in [-0.2, 0) is 23.0 Å². The minimum absolute atomic E-state index is 0.303. The Hall–Kier alpha value is -3.35. The number of carbonyl (C=O) groups excluding carboxylic acids is 2. The van der Waals surface area contributed by atoms with Gasteiger partial charge in [0.1, 0.15) is 0 Å². The van der Waals surface area contributed by atoms with Gasteiger partial charge in [-0.2, -0.15) is 9.78 Å². The van der Waals surface area contributed by atoms with Crippen molar-refractivity contribution >= 4 is 28.7 Å². The van der Waals surface area contributed by atoms with Gasteiger partial charge in [0.15, 0.2) is 0 Å². The molecule has 0 bridgehead atoms. The highest BCUT2D eigenvalue weighted by Crippen LogP contribution is 2.28. The topological polar surface area (TPSA) is 99.2 Å². The van der Waals surface area contributed by atoms with E-state index in [4.69, 9.17) is 5.73 Å². The lowest BCUT2D eigenvalue weighted by atomic mass is 9.85. The first-order valence-electron chi connectivity index (χ1n) is 9.94. The molecule has 1 aromatic heterocycles. The van der Waals surface area contributed by atoms with Gasteiger partial charge in [-0.05, 0) is 53.5 Å². The minimum atomic E-state index is -0.677. The SMILES string of the molecule is CC(C)(C)c1ccc2c(c1)CCC2.COC(=O)n1ncc2c(NC(N)=O)cccc21. The number of carbonyl (C=O) groups is 2. The molecule has 3 aromatic rings. The largest absolute Gasteiger partial charge is 0.451 e. The number of aryl methyl sites for hydroxylation is 2. The van der Waals surface area contributed by atoms with Gasteiger partial charge in [-0.3, -0.25) is 0 Å². The van der Waals surface area contributed by atoms with Crippen LogP contribution in [0.1, 0.15) is 43.9 Å². The van der Waals surface area contributed by atoms with E-state index >= 15 is 0 Å². The first-order chi connectivity index (χ1) is 14.2. The van der Waals surface area contributed by atoms with Gasteiger partial charge in [-0.15, -0.1) is 0 Å². The van der Waals surface area contributed by atoms with E-state index in [2.05, 4.69) is 54.1 Å². The third-order valence-corrected chi connectivity index (χ3v) is 5.18. The summed E-state index contributed by atoms with van der Waals surface area (Å²) in [6, 6.07) is 11.4. The highest BCUT2D eigenvalue weighted by atomic mass is 16.5. The molecular weight excluding hydrogens is 380 g/mol. The van der Waals surface area contributed by atoms with Crippen LogP contribution in [0.2, 0.25) is 0 Å². The molecule has 1 aliphatic rings. The van der Waals surface area contributed by atoms with Crippen molar-refractivity contribution in [3.8, 4) is 0 Å². The van der Waals surface area contributed by atoms with E-state index < -0.39 is 12.1 Å². The first kappa shape index (κ1) is 21.4. The number of nitrogens with zero attached hydrogens (tertiary/aromatic N) is 2. The molecule has 7 heteroatoms. The van der Waals surface area contributed by atoms with Crippen LogP contribution in [0.5, 0.6) is 0 Å². The number of benzene rings is 2. The lowest BCUT2D eigenvalue weighted by molar-refractivity contribution is 0.170. The van der Waals surface area contributed by atoms with E-state index in [9.17, 15) is 9.59 Å². The number of rotatable bonds is 1. The van der Waals surface area contributed by atoms with E-state index in [0.717, 1.165) is 4.68 Å². The molecule has 158 valence electrons. The van der Waals surface area contributed by atoms with E-state index in [-0.39, 0.29) is 0 Å². The van der Waals surface area contributed by atoms with Crippen LogP contribution >= 0.6 is 0 Å². The predicted octanol–water partition coefficient (Wildman–Crippen LogP) is 4.61. The van der Waals surface area contributed by atoms with Crippen molar-refractivity contribution in [1.82, 2.24) is 9.78 Å². The lowest BCUT2D eigenvalue weighted by Gasteiger charge is -2.19. The zero-order chi connectivity index (χ0) is 21.9. The summed E-state index contributed by atoms with van der Waals surface area (Å²) in [4.78, 5) is 22.2. The number of nitrogens with one attached hydrogen (secondary N) is 1. The Labute approximate surface area is 176 Å². The number of methoxy groups -OCH3 is 1. The number of nitrogens with two attached hydrogens (primary N) is 1. The fraction of sp³-hybridized carbons (Fsp3) is 0.348. The van der Waals surface area contributed by atoms with Gasteiger partial charge in [-0.25, -0.2) is 9.59 Å². The van der Waals surface area contributed by atoms with Crippen LogP contribution in [0.4, 0.5) is 15.3 Å². The molecular formula is C23H28N4O3. The second kappa shape index (κ2) is 8.57. The molecule has 2 amide bonds. The van der Waals surface area contributed by atoms with Gasteiger partial charge in [-0.1, -0.05) is 45.0 Å². The number of anilines is 1. The summed E-state index contributed by atoms with van der Waals surface area (Å²) in [6.45, 7) is 6.84. The second-order valence-electron chi connectivity index (χ2n) is 8.34. The molecule has 1 heterocycles. The fourth-order valence-corrected chi connectivity index (χ4v) is 3.56. The molecule has 4 rings (SSSR count). The maximum atomic E-state index is 11.4. The molecule has 0 saturated carbocycles. The molecule has 3 N–H and O–H groups in total. The average molecular weight is 409 g/mol. The van der Waals surface area contributed by atoms with Crippen LogP contribution in [0.15, 0.2) is 42.6 Å². The highest BCUT2D eigenvalue weighted by Gasteiger charge is 2.17. The van der Waals surface area contributed by atoms with Gasteiger partial charge < -0.3 is 15.8 Å². The van der Waals surface area contributed by atoms with E-state index in [1.165, 1.54) is 38.1 Å². The van der Waals surface area contributed by atoms with Crippen LogP contribution in [-0.4, -0.2) is 29.0 Å². The van der Waals surface area contributed by atoms with Crippen LogP contribution in [0.25, 0.3) is 10.9 Å². The van der Waals surface area contributed by atoms with Gasteiger partial charge in [0.25, 0.3) is 0 Å². The molecule has 0 saturated heterocycles. The van der Waals surface area contributed by atoms with E-state index in [1.54, 1.807) is 29.3 Å². The summed E-state index contributed by atoms with van der Waals surface area (Å²) in [7, 11) is 1.27. The maximum absolute atomic E-state index is 11.4. The summed E-state index contributed by atoms with van der Waals surface area (Å²) < 4.78 is 5.67. The maximum Gasteiger partial charge on any atom is 0.434 e. The zero-order valence-electron chi connectivity index (χ0n) is 17.9. The van der Waals surface area contributed by atoms with E-state index in [1.807, 2.05) is 0 Å². The Bertz CT molecular complexity index is 1080. The van der Waals surface area contributed by atoms with Crippen molar-refractivity contribution in [2.75, 3.05) is 12.4 Å². The molecule has 0 unspecified atom stereocenters. The summed E-state index contributed by atoms with van der Waals surface area (Å²) in [5.74, 6) is 0. The molecule has 30 heavy (non-hydrogen) atoms. The predicted molar refractivity (Wildman–Crippen MR) is 118 cm³/mol. The van der Waals surface area contributed by atoms with Crippen molar-refractivity contribution in [2.45, 2.75) is 45.4 Å². The Kier molecular flexibility index (Phi) is 6.10. The quantitative estimate of drug-likeness (QED) is 0.614. The Morgan fingerprint density at radius 1 is 1.13 bits per heavy atom. The highest BCUT2D eigenvalue weighted by molar-refractivity contribution is 6.01. The van der Waals surface area contributed by atoms with Crippen molar-refractivity contribution in [1.29, 1.82) is 0 Å². The van der Waals surface area contributed by atoms with Crippen molar-refractivity contribution in [3.63, 3.8) is 0 Å².